The predicted octanol–water partition coefficient (Wildman–Crippen LogP) is 3.32. The van der Waals surface area contributed by atoms with Crippen molar-refractivity contribution in [2.45, 2.75) is 57.3 Å². The van der Waals surface area contributed by atoms with E-state index in [1.54, 1.807) is 31.1 Å². The van der Waals surface area contributed by atoms with Gasteiger partial charge in [-0.1, -0.05) is 43.7 Å². The zero-order valence-electron chi connectivity index (χ0n) is 15.9. The molecular weight excluding hydrogens is 362 g/mol. The smallest absolute Gasteiger partial charge is 0.250 e. The Morgan fingerprint density at radius 1 is 1.26 bits per heavy atom. The van der Waals surface area contributed by atoms with Gasteiger partial charge < -0.3 is 9.88 Å². The molecule has 0 aliphatic carbocycles. The van der Waals surface area contributed by atoms with Crippen LogP contribution in [0.1, 0.15) is 40.0 Å². The van der Waals surface area contributed by atoms with Gasteiger partial charge in [0, 0.05) is 6.54 Å². The summed E-state index contributed by atoms with van der Waals surface area (Å²) in [6.07, 6.45) is 5.06. The molecule has 0 spiro atoms. The monoisotopic (exact) mass is 387 g/mol. The second-order valence-electron chi connectivity index (χ2n) is 7.06. The lowest BCUT2D eigenvalue weighted by atomic mass is 9.96. The molecule has 3 rings (SSSR count). The number of hydrogen-bond donors (Lipinski definition) is 1. The summed E-state index contributed by atoms with van der Waals surface area (Å²) in [6, 6.07) is 7.37. The Kier molecular flexibility index (Phi) is 5.84. The number of para-hydroxylation sites is 2. The van der Waals surface area contributed by atoms with Crippen LogP contribution in [0.2, 0.25) is 0 Å². The number of amides is 2. The summed E-state index contributed by atoms with van der Waals surface area (Å²) >= 11 is 1.36. The first-order valence-electron chi connectivity index (χ1n) is 9.19. The number of carbonyl (C=O) groups is 2. The highest BCUT2D eigenvalue weighted by Crippen LogP contribution is 2.37. The van der Waals surface area contributed by atoms with Crippen LogP contribution in [0.5, 0.6) is 0 Å². The molecule has 0 saturated heterocycles. The first-order chi connectivity index (χ1) is 12.9. The summed E-state index contributed by atoms with van der Waals surface area (Å²) in [6.45, 7) is 6.52. The SMILES string of the molecule is CCCCCn1cnnc1SCC(=O)N1c2ccccc2NC(=O)C1(C)C. The Morgan fingerprint density at radius 3 is 2.81 bits per heavy atom. The summed E-state index contributed by atoms with van der Waals surface area (Å²) in [5.74, 6) is -0.130. The van der Waals surface area contributed by atoms with E-state index in [0.717, 1.165) is 36.7 Å². The lowest BCUT2D eigenvalue weighted by Crippen LogP contribution is -2.59. The number of carbonyl (C=O) groups excluding carboxylic acids is 2. The molecule has 2 heterocycles. The summed E-state index contributed by atoms with van der Waals surface area (Å²) in [7, 11) is 0. The predicted molar refractivity (Wildman–Crippen MR) is 107 cm³/mol. The van der Waals surface area contributed by atoms with Gasteiger partial charge in [0.15, 0.2) is 5.16 Å². The maximum Gasteiger partial charge on any atom is 0.250 e. The maximum absolute atomic E-state index is 13.1. The van der Waals surface area contributed by atoms with E-state index in [4.69, 9.17) is 0 Å². The van der Waals surface area contributed by atoms with Crippen LogP contribution in [-0.2, 0) is 16.1 Å². The Balaban J connectivity index is 1.74. The molecule has 7 nitrogen and oxygen atoms in total. The standard InChI is InChI=1S/C19H25N5O2S/c1-4-5-8-11-23-13-20-22-18(23)27-12-16(25)24-15-10-7-6-9-14(15)21-17(26)19(24,2)3/h6-7,9-10,13H,4-5,8,11-12H2,1-3H3,(H,21,26). The molecule has 0 atom stereocenters. The van der Waals surface area contributed by atoms with Crippen LogP contribution in [0, 0.1) is 0 Å². The third-order valence-electron chi connectivity index (χ3n) is 4.66. The van der Waals surface area contributed by atoms with E-state index in [9.17, 15) is 9.59 Å². The summed E-state index contributed by atoms with van der Waals surface area (Å²) in [5, 5.41) is 11.7. The van der Waals surface area contributed by atoms with Gasteiger partial charge in [-0.2, -0.15) is 0 Å². The second kappa shape index (κ2) is 8.12. The van der Waals surface area contributed by atoms with Crippen LogP contribution in [0.25, 0.3) is 0 Å². The average Bonchev–Trinajstić information content (AvgIpc) is 3.08. The number of unbranched alkanes of at least 4 members (excludes halogenated alkanes) is 2. The topological polar surface area (TPSA) is 80.1 Å². The summed E-state index contributed by atoms with van der Waals surface area (Å²) in [5.41, 5.74) is 0.417. The van der Waals surface area contributed by atoms with E-state index in [1.807, 2.05) is 22.8 Å². The zero-order valence-corrected chi connectivity index (χ0v) is 16.8. The van der Waals surface area contributed by atoms with Gasteiger partial charge in [-0.05, 0) is 32.4 Å². The van der Waals surface area contributed by atoms with Crippen molar-refractivity contribution in [3.63, 3.8) is 0 Å². The zero-order chi connectivity index (χ0) is 19.4. The van der Waals surface area contributed by atoms with Crippen molar-refractivity contribution >= 4 is 35.0 Å². The number of benzene rings is 1. The van der Waals surface area contributed by atoms with Crippen molar-refractivity contribution in [2.75, 3.05) is 16.0 Å². The molecule has 0 saturated carbocycles. The molecule has 1 aliphatic heterocycles. The van der Waals surface area contributed by atoms with Gasteiger partial charge in [0.1, 0.15) is 11.9 Å². The molecule has 0 unspecified atom stereocenters. The minimum Gasteiger partial charge on any atom is -0.322 e. The van der Waals surface area contributed by atoms with Crippen LogP contribution in [-0.4, -0.2) is 37.9 Å². The van der Waals surface area contributed by atoms with Crippen LogP contribution >= 0.6 is 11.8 Å². The van der Waals surface area contributed by atoms with Crippen LogP contribution < -0.4 is 10.2 Å². The van der Waals surface area contributed by atoms with E-state index in [0.29, 0.717) is 5.69 Å². The number of nitrogens with one attached hydrogen (secondary N) is 1. The Hall–Kier alpha value is -2.35. The molecule has 1 aromatic carbocycles. The minimum atomic E-state index is -0.958. The van der Waals surface area contributed by atoms with Crippen molar-refractivity contribution in [3.05, 3.63) is 30.6 Å². The van der Waals surface area contributed by atoms with Crippen molar-refractivity contribution in [1.29, 1.82) is 0 Å². The highest BCUT2D eigenvalue weighted by Gasteiger charge is 2.43. The lowest BCUT2D eigenvalue weighted by molar-refractivity contribution is -0.125. The first-order valence-corrected chi connectivity index (χ1v) is 10.2. The maximum atomic E-state index is 13.1. The molecule has 0 bridgehead atoms. The van der Waals surface area contributed by atoms with E-state index in [1.165, 1.54) is 11.8 Å². The Labute approximate surface area is 163 Å². The Bertz CT molecular complexity index is 833. The fraction of sp³-hybridized carbons (Fsp3) is 0.474. The van der Waals surface area contributed by atoms with Crippen molar-refractivity contribution in [2.24, 2.45) is 0 Å². The average molecular weight is 388 g/mol. The van der Waals surface area contributed by atoms with Crippen LogP contribution in [0.4, 0.5) is 11.4 Å². The third-order valence-corrected chi connectivity index (χ3v) is 5.63. The molecule has 144 valence electrons. The number of nitrogens with zero attached hydrogens (tertiary/aromatic N) is 4. The molecule has 2 aromatic rings. The number of thioether (sulfide) groups is 1. The molecule has 8 heteroatoms. The molecule has 1 aromatic heterocycles. The normalized spacial score (nSPS) is 15.4. The van der Waals surface area contributed by atoms with Gasteiger partial charge in [-0.3, -0.25) is 14.5 Å². The van der Waals surface area contributed by atoms with Crippen molar-refractivity contribution in [3.8, 4) is 0 Å². The van der Waals surface area contributed by atoms with Gasteiger partial charge in [0.2, 0.25) is 11.8 Å². The number of fused-ring (bicyclic) bond motifs is 1. The minimum absolute atomic E-state index is 0.129. The fourth-order valence-electron chi connectivity index (χ4n) is 3.13. The van der Waals surface area contributed by atoms with Crippen molar-refractivity contribution in [1.82, 2.24) is 14.8 Å². The van der Waals surface area contributed by atoms with Gasteiger partial charge in [-0.25, -0.2) is 0 Å². The molecular formula is C19H25N5O2S. The highest BCUT2D eigenvalue weighted by atomic mass is 32.2. The van der Waals surface area contributed by atoms with Gasteiger partial charge >= 0.3 is 0 Å². The highest BCUT2D eigenvalue weighted by molar-refractivity contribution is 7.99. The number of hydrogen-bond acceptors (Lipinski definition) is 5. The summed E-state index contributed by atoms with van der Waals surface area (Å²) < 4.78 is 1.98. The summed E-state index contributed by atoms with van der Waals surface area (Å²) in [4.78, 5) is 27.1. The fourth-order valence-corrected chi connectivity index (χ4v) is 3.92. The van der Waals surface area contributed by atoms with Crippen LogP contribution in [0.3, 0.4) is 0 Å². The largest absolute Gasteiger partial charge is 0.322 e. The van der Waals surface area contributed by atoms with E-state index in [-0.39, 0.29) is 17.6 Å². The van der Waals surface area contributed by atoms with Gasteiger partial charge in [-0.15, -0.1) is 10.2 Å². The van der Waals surface area contributed by atoms with E-state index < -0.39 is 5.54 Å². The molecule has 1 N–H and O–H groups in total. The van der Waals surface area contributed by atoms with Gasteiger partial charge in [0.05, 0.1) is 17.1 Å². The number of aromatic nitrogens is 3. The molecule has 27 heavy (non-hydrogen) atoms. The number of anilines is 2. The van der Waals surface area contributed by atoms with Gasteiger partial charge in [0.25, 0.3) is 0 Å². The first kappa shape index (κ1) is 19.4. The molecule has 1 aliphatic rings. The quantitative estimate of drug-likeness (QED) is 0.582. The van der Waals surface area contributed by atoms with Crippen LogP contribution in [0.15, 0.2) is 35.7 Å². The van der Waals surface area contributed by atoms with E-state index >= 15 is 0 Å². The number of rotatable bonds is 7. The number of aryl methyl sites for hydroxylation is 1. The molecule has 2 amide bonds. The Morgan fingerprint density at radius 2 is 2.04 bits per heavy atom. The second-order valence-corrected chi connectivity index (χ2v) is 8.00. The van der Waals surface area contributed by atoms with Crippen molar-refractivity contribution < 1.29 is 9.59 Å². The lowest BCUT2D eigenvalue weighted by Gasteiger charge is -2.42. The third kappa shape index (κ3) is 4.00. The molecule has 0 radical (unpaired) electrons. The molecule has 0 fully saturated rings. The van der Waals surface area contributed by atoms with E-state index in [2.05, 4.69) is 22.4 Å².